The first-order valence-corrected chi connectivity index (χ1v) is 6.95. The molecule has 1 rings (SSSR count). The standard InChI is InChI=1S/C15H20N2O6/c1-4-22-8-12-7-11(5-6-13(12)21-3)15(20)23-9-14(19)17-16-10(2)18/h5-7H,4,8-9H2,1-3H3,(H,16,18)(H,17,19). The third-order valence-electron chi connectivity index (χ3n) is 2.69. The van der Waals surface area contributed by atoms with Gasteiger partial charge < -0.3 is 14.2 Å². The van der Waals surface area contributed by atoms with Crippen molar-refractivity contribution in [2.45, 2.75) is 20.5 Å². The molecule has 23 heavy (non-hydrogen) atoms. The maximum Gasteiger partial charge on any atom is 0.338 e. The Balaban J connectivity index is 2.65. The Morgan fingerprint density at radius 3 is 2.52 bits per heavy atom. The lowest BCUT2D eigenvalue weighted by Crippen LogP contribution is -2.42. The second-order valence-electron chi connectivity index (χ2n) is 4.47. The molecule has 0 heterocycles. The topological polar surface area (TPSA) is 103 Å². The van der Waals surface area contributed by atoms with E-state index in [1.165, 1.54) is 20.1 Å². The van der Waals surface area contributed by atoms with Gasteiger partial charge in [-0.15, -0.1) is 0 Å². The van der Waals surface area contributed by atoms with Crippen molar-refractivity contribution < 1.29 is 28.6 Å². The van der Waals surface area contributed by atoms with Gasteiger partial charge in [0.25, 0.3) is 5.91 Å². The molecule has 0 spiro atoms. The van der Waals surface area contributed by atoms with E-state index in [1.807, 2.05) is 6.92 Å². The maximum atomic E-state index is 11.9. The number of carbonyl (C=O) groups excluding carboxylic acids is 3. The molecule has 0 saturated heterocycles. The molecule has 0 bridgehead atoms. The van der Waals surface area contributed by atoms with E-state index in [0.29, 0.717) is 24.5 Å². The van der Waals surface area contributed by atoms with Crippen molar-refractivity contribution in [2.24, 2.45) is 0 Å². The third kappa shape index (κ3) is 6.35. The summed E-state index contributed by atoms with van der Waals surface area (Å²) in [4.78, 5) is 33.9. The van der Waals surface area contributed by atoms with E-state index in [-0.39, 0.29) is 5.56 Å². The van der Waals surface area contributed by atoms with Gasteiger partial charge in [0.1, 0.15) is 5.75 Å². The highest BCUT2D eigenvalue weighted by Gasteiger charge is 2.13. The number of hydrogen-bond donors (Lipinski definition) is 2. The Hall–Kier alpha value is -2.61. The molecular weight excluding hydrogens is 304 g/mol. The average Bonchev–Trinajstić information content (AvgIpc) is 2.55. The summed E-state index contributed by atoms with van der Waals surface area (Å²) in [5.41, 5.74) is 5.16. The van der Waals surface area contributed by atoms with E-state index in [0.717, 1.165) is 0 Å². The number of hydrazine groups is 1. The largest absolute Gasteiger partial charge is 0.496 e. The van der Waals surface area contributed by atoms with E-state index in [4.69, 9.17) is 14.2 Å². The van der Waals surface area contributed by atoms with Gasteiger partial charge >= 0.3 is 5.97 Å². The third-order valence-corrected chi connectivity index (χ3v) is 2.69. The van der Waals surface area contributed by atoms with E-state index in [1.54, 1.807) is 12.1 Å². The van der Waals surface area contributed by atoms with Crippen molar-refractivity contribution in [3.8, 4) is 5.75 Å². The molecule has 0 atom stereocenters. The Kier molecular flexibility index (Phi) is 7.55. The summed E-state index contributed by atoms with van der Waals surface area (Å²) < 4.78 is 15.4. The normalized spacial score (nSPS) is 9.87. The summed E-state index contributed by atoms with van der Waals surface area (Å²) in [7, 11) is 1.52. The van der Waals surface area contributed by atoms with Crippen LogP contribution < -0.4 is 15.6 Å². The molecular formula is C15H20N2O6. The van der Waals surface area contributed by atoms with Gasteiger partial charge in [0, 0.05) is 19.1 Å². The minimum Gasteiger partial charge on any atom is -0.496 e. The SMILES string of the molecule is CCOCc1cc(C(=O)OCC(=O)NNC(C)=O)ccc1OC. The van der Waals surface area contributed by atoms with Gasteiger partial charge in [-0.3, -0.25) is 20.4 Å². The number of nitrogens with one attached hydrogen (secondary N) is 2. The predicted octanol–water partition coefficient (Wildman–Crippen LogP) is 0.556. The number of amides is 2. The van der Waals surface area contributed by atoms with Gasteiger partial charge in [-0.2, -0.15) is 0 Å². The van der Waals surface area contributed by atoms with E-state index < -0.39 is 24.4 Å². The molecule has 2 amide bonds. The predicted molar refractivity (Wildman–Crippen MR) is 80.6 cm³/mol. The van der Waals surface area contributed by atoms with Crippen LogP contribution in [0.5, 0.6) is 5.75 Å². The lowest BCUT2D eigenvalue weighted by molar-refractivity contribution is -0.129. The first-order valence-electron chi connectivity index (χ1n) is 6.95. The molecule has 0 radical (unpaired) electrons. The van der Waals surface area contributed by atoms with E-state index in [9.17, 15) is 14.4 Å². The zero-order valence-electron chi connectivity index (χ0n) is 13.3. The molecule has 8 heteroatoms. The van der Waals surface area contributed by atoms with Crippen LogP contribution in [0.3, 0.4) is 0 Å². The lowest BCUT2D eigenvalue weighted by Gasteiger charge is -2.11. The molecule has 0 aliphatic carbocycles. The van der Waals surface area contributed by atoms with Gasteiger partial charge in [0.05, 0.1) is 19.3 Å². The summed E-state index contributed by atoms with van der Waals surface area (Å²) in [6.45, 7) is 3.42. The van der Waals surface area contributed by atoms with Crippen molar-refractivity contribution in [3.63, 3.8) is 0 Å². The smallest absolute Gasteiger partial charge is 0.338 e. The minimum atomic E-state index is -0.664. The summed E-state index contributed by atoms with van der Waals surface area (Å²) in [5, 5.41) is 0. The lowest BCUT2D eigenvalue weighted by atomic mass is 10.1. The quantitative estimate of drug-likeness (QED) is 0.561. The molecule has 0 aromatic heterocycles. The van der Waals surface area contributed by atoms with Crippen LogP contribution in [0.1, 0.15) is 29.8 Å². The van der Waals surface area contributed by atoms with Gasteiger partial charge in [0.15, 0.2) is 6.61 Å². The van der Waals surface area contributed by atoms with Crippen molar-refractivity contribution in [2.75, 3.05) is 20.3 Å². The summed E-state index contributed by atoms with van der Waals surface area (Å²) in [6.07, 6.45) is 0. The van der Waals surface area contributed by atoms with Gasteiger partial charge in [0.2, 0.25) is 5.91 Å². The van der Waals surface area contributed by atoms with Crippen LogP contribution in [-0.2, 0) is 25.7 Å². The van der Waals surface area contributed by atoms with Gasteiger partial charge in [-0.1, -0.05) is 0 Å². The van der Waals surface area contributed by atoms with Crippen LogP contribution in [0.15, 0.2) is 18.2 Å². The monoisotopic (exact) mass is 324 g/mol. The molecule has 8 nitrogen and oxygen atoms in total. The number of rotatable bonds is 7. The number of esters is 1. The molecule has 1 aromatic carbocycles. The van der Waals surface area contributed by atoms with Crippen molar-refractivity contribution in [1.82, 2.24) is 10.9 Å². The number of ether oxygens (including phenoxy) is 3. The zero-order chi connectivity index (χ0) is 17.2. The molecule has 0 aliphatic heterocycles. The van der Waals surface area contributed by atoms with Crippen LogP contribution in [0.2, 0.25) is 0 Å². The Morgan fingerprint density at radius 2 is 1.91 bits per heavy atom. The van der Waals surface area contributed by atoms with Gasteiger partial charge in [-0.25, -0.2) is 4.79 Å². The fourth-order valence-electron chi connectivity index (χ4n) is 1.64. The summed E-state index contributed by atoms with van der Waals surface area (Å²) in [6, 6.07) is 4.74. The van der Waals surface area contributed by atoms with E-state index >= 15 is 0 Å². The average molecular weight is 324 g/mol. The van der Waals surface area contributed by atoms with Gasteiger partial charge in [-0.05, 0) is 25.1 Å². The highest BCUT2D eigenvalue weighted by atomic mass is 16.5. The maximum absolute atomic E-state index is 11.9. The Morgan fingerprint density at radius 1 is 1.17 bits per heavy atom. The summed E-state index contributed by atoms with van der Waals surface area (Å²) >= 11 is 0. The molecule has 0 fully saturated rings. The van der Waals surface area contributed by atoms with Crippen LogP contribution >= 0.6 is 0 Å². The highest BCUT2D eigenvalue weighted by Crippen LogP contribution is 2.21. The molecule has 0 unspecified atom stereocenters. The Labute approximate surface area is 134 Å². The van der Waals surface area contributed by atoms with E-state index in [2.05, 4.69) is 10.9 Å². The Bertz CT molecular complexity index is 573. The molecule has 0 aliphatic rings. The molecule has 2 N–H and O–H groups in total. The van der Waals surface area contributed by atoms with Crippen LogP contribution in [0, 0.1) is 0 Å². The fourth-order valence-corrected chi connectivity index (χ4v) is 1.64. The van der Waals surface area contributed by atoms with Crippen molar-refractivity contribution in [3.05, 3.63) is 29.3 Å². The van der Waals surface area contributed by atoms with Crippen molar-refractivity contribution in [1.29, 1.82) is 0 Å². The second kappa shape index (κ2) is 9.42. The fraction of sp³-hybridized carbons (Fsp3) is 0.400. The second-order valence-corrected chi connectivity index (χ2v) is 4.47. The number of benzene rings is 1. The number of carbonyl (C=O) groups is 3. The van der Waals surface area contributed by atoms with Crippen molar-refractivity contribution >= 4 is 17.8 Å². The molecule has 0 saturated carbocycles. The minimum absolute atomic E-state index is 0.271. The number of hydrogen-bond acceptors (Lipinski definition) is 6. The highest BCUT2D eigenvalue weighted by molar-refractivity contribution is 5.92. The number of methoxy groups -OCH3 is 1. The molecule has 126 valence electrons. The zero-order valence-corrected chi connectivity index (χ0v) is 13.3. The first-order chi connectivity index (χ1) is 11.0. The van der Waals surface area contributed by atoms with Crippen LogP contribution in [-0.4, -0.2) is 38.1 Å². The van der Waals surface area contributed by atoms with Crippen LogP contribution in [0.4, 0.5) is 0 Å². The summed E-state index contributed by atoms with van der Waals surface area (Å²) in [5.74, 6) is -1.14. The molecule has 1 aromatic rings. The van der Waals surface area contributed by atoms with Crippen LogP contribution in [0.25, 0.3) is 0 Å². The first kappa shape index (κ1) is 18.4.